The Labute approximate surface area is 167 Å². The minimum atomic E-state index is 0.612. The molecule has 2 saturated carbocycles. The minimum Gasteiger partial charge on any atom is -0.0951 e. The van der Waals surface area contributed by atoms with Gasteiger partial charge in [0.15, 0.2) is 0 Å². The molecule has 0 saturated heterocycles. The van der Waals surface area contributed by atoms with Gasteiger partial charge in [-0.2, -0.15) is 0 Å². The van der Waals surface area contributed by atoms with Crippen molar-refractivity contribution in [2.75, 3.05) is 0 Å². The summed E-state index contributed by atoms with van der Waals surface area (Å²) in [6.45, 7) is 4.59. The van der Waals surface area contributed by atoms with Crippen molar-refractivity contribution in [1.29, 1.82) is 0 Å². The highest BCUT2D eigenvalue weighted by Gasteiger charge is 2.21. The lowest BCUT2D eigenvalue weighted by Gasteiger charge is -2.26. The first kappa shape index (κ1) is 20.3. The van der Waals surface area contributed by atoms with Crippen molar-refractivity contribution in [2.24, 2.45) is 17.8 Å². The number of rotatable bonds is 5. The predicted molar refractivity (Wildman–Crippen MR) is 118 cm³/mol. The molecule has 1 aromatic rings. The van der Waals surface area contributed by atoms with E-state index in [0.717, 1.165) is 17.8 Å². The summed E-state index contributed by atoms with van der Waals surface area (Å²) in [7, 11) is 0. The van der Waals surface area contributed by atoms with Crippen LogP contribution in [-0.4, -0.2) is 0 Å². The summed E-state index contributed by atoms with van der Waals surface area (Å²) in [6.07, 6.45) is 19.1. The van der Waals surface area contributed by atoms with E-state index in [-0.39, 0.29) is 0 Å². The van der Waals surface area contributed by atoms with E-state index in [4.69, 9.17) is 0 Å². The van der Waals surface area contributed by atoms with Crippen molar-refractivity contribution in [1.82, 2.24) is 0 Å². The standard InChI is InChI=1S/C27H38/c1-3-7-23-14-18-26(19-15-23)27-20-16-25(17-21-27)9-6-5-8-24-12-10-22(4-2)11-13-24/h5,8,14-15,18-19,22,24-25,27H,3-4,7,10-13,16-17,20-21H2,1-2H3/b8-5+/t22-,24-,25-,27-. The smallest absolute Gasteiger partial charge is 0.0206 e. The molecule has 146 valence electrons. The maximum absolute atomic E-state index is 3.54. The molecule has 0 spiro atoms. The molecule has 3 rings (SSSR count). The second-order valence-corrected chi connectivity index (χ2v) is 8.88. The molecule has 2 aliphatic rings. The van der Waals surface area contributed by atoms with E-state index in [9.17, 15) is 0 Å². The first-order valence-electron chi connectivity index (χ1n) is 11.5. The van der Waals surface area contributed by atoms with E-state index in [2.05, 4.69) is 62.1 Å². The van der Waals surface area contributed by atoms with Crippen molar-refractivity contribution < 1.29 is 0 Å². The molecule has 0 amide bonds. The van der Waals surface area contributed by atoms with Crippen LogP contribution < -0.4 is 0 Å². The molecule has 1 aromatic carbocycles. The highest BCUT2D eigenvalue weighted by Crippen LogP contribution is 2.35. The molecular formula is C27H38. The number of hydrogen-bond acceptors (Lipinski definition) is 0. The fourth-order valence-electron chi connectivity index (χ4n) is 4.96. The highest BCUT2D eigenvalue weighted by molar-refractivity contribution is 5.26. The average Bonchev–Trinajstić information content (AvgIpc) is 2.73. The fraction of sp³-hybridized carbons (Fsp3) is 0.630. The van der Waals surface area contributed by atoms with Gasteiger partial charge in [-0.1, -0.05) is 68.9 Å². The van der Waals surface area contributed by atoms with Gasteiger partial charge in [0, 0.05) is 5.92 Å². The molecule has 0 N–H and O–H groups in total. The Hall–Kier alpha value is -1.48. The Balaban J connectivity index is 1.41. The quantitative estimate of drug-likeness (QED) is 0.471. The van der Waals surface area contributed by atoms with Crippen LogP contribution in [0.15, 0.2) is 36.4 Å². The molecule has 27 heavy (non-hydrogen) atoms. The van der Waals surface area contributed by atoms with E-state index >= 15 is 0 Å². The van der Waals surface area contributed by atoms with Crippen LogP contribution in [0.2, 0.25) is 0 Å². The summed E-state index contributed by atoms with van der Waals surface area (Å²) < 4.78 is 0. The lowest BCUT2D eigenvalue weighted by atomic mass is 9.78. The molecule has 0 heterocycles. The first-order chi connectivity index (χ1) is 13.3. The van der Waals surface area contributed by atoms with Gasteiger partial charge >= 0.3 is 0 Å². The number of allylic oxidation sites excluding steroid dienone is 2. The van der Waals surface area contributed by atoms with E-state index < -0.39 is 0 Å². The van der Waals surface area contributed by atoms with Crippen LogP contribution in [0.4, 0.5) is 0 Å². The average molecular weight is 363 g/mol. The van der Waals surface area contributed by atoms with Gasteiger partial charge in [0.25, 0.3) is 0 Å². The van der Waals surface area contributed by atoms with Crippen LogP contribution in [0.3, 0.4) is 0 Å². The third-order valence-electron chi connectivity index (χ3n) is 6.92. The Bertz CT molecular complexity index is 623. The molecule has 0 aromatic heterocycles. The Kier molecular flexibility index (Phi) is 8.07. The van der Waals surface area contributed by atoms with Gasteiger partial charge in [-0.25, -0.2) is 0 Å². The van der Waals surface area contributed by atoms with Gasteiger partial charge in [0.1, 0.15) is 0 Å². The van der Waals surface area contributed by atoms with Crippen LogP contribution in [0.1, 0.15) is 95.1 Å². The van der Waals surface area contributed by atoms with Gasteiger partial charge in [-0.15, -0.1) is 0 Å². The van der Waals surface area contributed by atoms with Gasteiger partial charge in [0.2, 0.25) is 0 Å². The van der Waals surface area contributed by atoms with Crippen LogP contribution >= 0.6 is 0 Å². The van der Waals surface area contributed by atoms with Crippen molar-refractivity contribution in [3.8, 4) is 11.8 Å². The molecule has 0 heteroatoms. The second kappa shape index (κ2) is 10.8. The fourth-order valence-corrected chi connectivity index (χ4v) is 4.96. The summed E-state index contributed by atoms with van der Waals surface area (Å²) in [5.41, 5.74) is 3.03. The molecule has 0 bridgehead atoms. The zero-order valence-electron chi connectivity index (χ0n) is 17.6. The SMILES string of the molecule is CCCc1ccc([C@H]2CC[C@H](C#C/C=C/[C@H]3CC[C@H](CC)CC3)CC2)cc1. The summed E-state index contributed by atoms with van der Waals surface area (Å²) in [4.78, 5) is 0. The van der Waals surface area contributed by atoms with Crippen molar-refractivity contribution in [3.63, 3.8) is 0 Å². The number of hydrogen-bond donors (Lipinski definition) is 0. The van der Waals surface area contributed by atoms with Gasteiger partial charge < -0.3 is 0 Å². The van der Waals surface area contributed by atoms with Crippen LogP contribution in [0.25, 0.3) is 0 Å². The number of aryl methyl sites for hydroxylation is 1. The van der Waals surface area contributed by atoms with Gasteiger partial charge in [0.05, 0.1) is 0 Å². The molecule has 0 unspecified atom stereocenters. The van der Waals surface area contributed by atoms with Crippen LogP contribution in [-0.2, 0) is 6.42 Å². The van der Waals surface area contributed by atoms with Crippen molar-refractivity contribution >= 4 is 0 Å². The third kappa shape index (κ3) is 6.27. The Morgan fingerprint density at radius 1 is 0.889 bits per heavy atom. The lowest BCUT2D eigenvalue weighted by Crippen LogP contribution is -2.12. The largest absolute Gasteiger partial charge is 0.0951 e. The van der Waals surface area contributed by atoms with E-state index in [1.54, 1.807) is 5.56 Å². The van der Waals surface area contributed by atoms with E-state index in [1.165, 1.54) is 76.2 Å². The Morgan fingerprint density at radius 2 is 1.59 bits per heavy atom. The maximum atomic E-state index is 3.54. The van der Waals surface area contributed by atoms with E-state index in [0.29, 0.717) is 5.92 Å². The molecule has 0 aliphatic heterocycles. The summed E-state index contributed by atoms with van der Waals surface area (Å²) >= 11 is 0. The van der Waals surface area contributed by atoms with Crippen molar-refractivity contribution in [2.45, 2.75) is 90.4 Å². The van der Waals surface area contributed by atoms with Crippen LogP contribution in [0, 0.1) is 29.6 Å². The zero-order valence-corrected chi connectivity index (χ0v) is 17.6. The normalized spacial score (nSPS) is 28.7. The third-order valence-corrected chi connectivity index (χ3v) is 6.92. The Morgan fingerprint density at radius 3 is 2.22 bits per heavy atom. The second-order valence-electron chi connectivity index (χ2n) is 8.88. The number of benzene rings is 1. The van der Waals surface area contributed by atoms with E-state index in [1.807, 2.05) is 0 Å². The van der Waals surface area contributed by atoms with Gasteiger partial charge in [-0.3, -0.25) is 0 Å². The molecule has 0 radical (unpaired) electrons. The molecular weight excluding hydrogens is 324 g/mol. The molecule has 2 aliphatic carbocycles. The molecule has 2 fully saturated rings. The minimum absolute atomic E-state index is 0.612. The highest BCUT2D eigenvalue weighted by atomic mass is 14.3. The van der Waals surface area contributed by atoms with Crippen molar-refractivity contribution in [3.05, 3.63) is 47.5 Å². The topological polar surface area (TPSA) is 0 Å². The molecule has 0 nitrogen and oxygen atoms in total. The monoisotopic (exact) mass is 362 g/mol. The lowest BCUT2D eigenvalue weighted by molar-refractivity contribution is 0.304. The zero-order chi connectivity index (χ0) is 18.9. The summed E-state index contributed by atoms with van der Waals surface area (Å²) in [5, 5.41) is 0. The summed E-state index contributed by atoms with van der Waals surface area (Å²) in [6, 6.07) is 9.42. The predicted octanol–water partition coefficient (Wildman–Crippen LogP) is 7.69. The maximum Gasteiger partial charge on any atom is 0.0206 e. The van der Waals surface area contributed by atoms with Gasteiger partial charge in [-0.05, 0) is 92.7 Å². The van der Waals surface area contributed by atoms with Crippen LogP contribution in [0.5, 0.6) is 0 Å². The molecule has 0 atom stereocenters. The first-order valence-corrected chi connectivity index (χ1v) is 11.5. The summed E-state index contributed by atoms with van der Waals surface area (Å²) in [5.74, 6) is 10.1.